The van der Waals surface area contributed by atoms with Crippen LogP contribution in [-0.4, -0.2) is 32.4 Å². The SMILES string of the molecule is CCCCC(=O)Nc1ccc(C(=O)N[C@H](C)c2nn[nH]n2)cc1. The van der Waals surface area contributed by atoms with Gasteiger partial charge in [-0.3, -0.25) is 9.59 Å². The lowest BCUT2D eigenvalue weighted by Crippen LogP contribution is -2.27. The first-order valence-corrected chi connectivity index (χ1v) is 7.54. The van der Waals surface area contributed by atoms with Gasteiger partial charge in [0.2, 0.25) is 5.91 Å². The van der Waals surface area contributed by atoms with Gasteiger partial charge < -0.3 is 10.6 Å². The van der Waals surface area contributed by atoms with Crippen molar-refractivity contribution in [2.45, 2.75) is 39.2 Å². The Morgan fingerprint density at radius 3 is 2.61 bits per heavy atom. The molecule has 0 saturated heterocycles. The van der Waals surface area contributed by atoms with Gasteiger partial charge in [-0.25, -0.2) is 0 Å². The number of rotatable bonds is 7. The van der Waals surface area contributed by atoms with Gasteiger partial charge in [-0.15, -0.1) is 10.2 Å². The zero-order valence-electron chi connectivity index (χ0n) is 13.2. The average molecular weight is 316 g/mol. The molecule has 2 aromatic rings. The number of carbonyl (C=O) groups is 2. The highest BCUT2D eigenvalue weighted by atomic mass is 16.2. The molecule has 2 rings (SSSR count). The first kappa shape index (κ1) is 16.6. The lowest BCUT2D eigenvalue weighted by Gasteiger charge is -2.10. The number of aromatic amines is 1. The number of unbranched alkanes of at least 4 members (excludes halogenated alkanes) is 1. The lowest BCUT2D eigenvalue weighted by atomic mass is 10.1. The number of anilines is 1. The average Bonchev–Trinajstić information content (AvgIpc) is 3.08. The Kier molecular flexibility index (Phi) is 5.79. The monoisotopic (exact) mass is 316 g/mol. The Hall–Kier alpha value is -2.77. The van der Waals surface area contributed by atoms with E-state index < -0.39 is 0 Å². The molecule has 0 spiro atoms. The second kappa shape index (κ2) is 8.02. The third-order valence-corrected chi connectivity index (χ3v) is 3.28. The van der Waals surface area contributed by atoms with Crippen LogP contribution in [0.1, 0.15) is 55.3 Å². The summed E-state index contributed by atoms with van der Waals surface area (Å²) in [4.78, 5) is 23.8. The van der Waals surface area contributed by atoms with Gasteiger partial charge in [0.15, 0.2) is 5.82 Å². The third kappa shape index (κ3) is 4.87. The lowest BCUT2D eigenvalue weighted by molar-refractivity contribution is -0.116. The van der Waals surface area contributed by atoms with Gasteiger partial charge in [-0.05, 0) is 37.6 Å². The molecule has 23 heavy (non-hydrogen) atoms. The van der Waals surface area contributed by atoms with Crippen LogP contribution in [-0.2, 0) is 4.79 Å². The van der Waals surface area contributed by atoms with Crippen molar-refractivity contribution in [2.75, 3.05) is 5.32 Å². The van der Waals surface area contributed by atoms with Crippen LogP contribution in [0.25, 0.3) is 0 Å². The van der Waals surface area contributed by atoms with Crippen molar-refractivity contribution >= 4 is 17.5 Å². The summed E-state index contributed by atoms with van der Waals surface area (Å²) in [5, 5.41) is 19.0. The number of amides is 2. The van der Waals surface area contributed by atoms with Crippen molar-refractivity contribution < 1.29 is 9.59 Å². The molecule has 0 bridgehead atoms. The van der Waals surface area contributed by atoms with Gasteiger partial charge in [0.25, 0.3) is 5.91 Å². The maximum atomic E-state index is 12.1. The Bertz CT molecular complexity index is 638. The summed E-state index contributed by atoms with van der Waals surface area (Å²) in [6.07, 6.45) is 2.34. The van der Waals surface area contributed by atoms with Gasteiger partial charge in [-0.2, -0.15) is 5.21 Å². The third-order valence-electron chi connectivity index (χ3n) is 3.28. The number of tetrazole rings is 1. The molecule has 8 heteroatoms. The largest absolute Gasteiger partial charge is 0.342 e. The number of hydrogen-bond donors (Lipinski definition) is 3. The summed E-state index contributed by atoms with van der Waals surface area (Å²) < 4.78 is 0. The van der Waals surface area contributed by atoms with Crippen LogP contribution in [0.4, 0.5) is 5.69 Å². The Balaban J connectivity index is 1.91. The normalized spacial score (nSPS) is 11.7. The van der Waals surface area contributed by atoms with Crippen LogP contribution in [0.15, 0.2) is 24.3 Å². The van der Waals surface area contributed by atoms with Gasteiger partial charge in [-0.1, -0.05) is 18.6 Å². The van der Waals surface area contributed by atoms with E-state index in [1.54, 1.807) is 31.2 Å². The summed E-state index contributed by atoms with van der Waals surface area (Å²) in [7, 11) is 0. The van der Waals surface area contributed by atoms with Gasteiger partial charge in [0.1, 0.15) is 0 Å². The molecule has 0 saturated carbocycles. The molecule has 8 nitrogen and oxygen atoms in total. The van der Waals surface area contributed by atoms with Crippen molar-refractivity contribution in [3.8, 4) is 0 Å². The summed E-state index contributed by atoms with van der Waals surface area (Å²) >= 11 is 0. The summed E-state index contributed by atoms with van der Waals surface area (Å²) in [5.41, 5.74) is 1.17. The Morgan fingerprint density at radius 1 is 1.26 bits per heavy atom. The number of benzene rings is 1. The van der Waals surface area contributed by atoms with E-state index in [2.05, 4.69) is 31.3 Å². The van der Waals surface area contributed by atoms with E-state index in [9.17, 15) is 9.59 Å². The first-order chi connectivity index (χ1) is 11.1. The van der Waals surface area contributed by atoms with E-state index in [4.69, 9.17) is 0 Å². The van der Waals surface area contributed by atoms with E-state index in [1.165, 1.54) is 0 Å². The minimum Gasteiger partial charge on any atom is -0.342 e. The molecule has 1 atom stereocenters. The van der Waals surface area contributed by atoms with E-state index in [0.29, 0.717) is 23.5 Å². The van der Waals surface area contributed by atoms with Crippen molar-refractivity contribution in [3.63, 3.8) is 0 Å². The van der Waals surface area contributed by atoms with Crippen LogP contribution in [0.5, 0.6) is 0 Å². The zero-order valence-corrected chi connectivity index (χ0v) is 13.2. The van der Waals surface area contributed by atoms with Crippen molar-refractivity contribution in [1.29, 1.82) is 0 Å². The quantitative estimate of drug-likeness (QED) is 0.721. The summed E-state index contributed by atoms with van der Waals surface area (Å²) in [6, 6.07) is 6.38. The molecule has 2 amide bonds. The molecule has 0 aliphatic rings. The number of H-pyrrole nitrogens is 1. The fraction of sp³-hybridized carbons (Fsp3) is 0.400. The van der Waals surface area contributed by atoms with Crippen LogP contribution < -0.4 is 10.6 Å². The summed E-state index contributed by atoms with van der Waals surface area (Å²) in [5.74, 6) is 0.152. The molecule has 3 N–H and O–H groups in total. The fourth-order valence-corrected chi connectivity index (χ4v) is 1.96. The molecular weight excluding hydrogens is 296 g/mol. The van der Waals surface area contributed by atoms with Gasteiger partial charge in [0.05, 0.1) is 6.04 Å². The fourth-order valence-electron chi connectivity index (χ4n) is 1.96. The van der Waals surface area contributed by atoms with Crippen molar-refractivity contribution in [3.05, 3.63) is 35.7 Å². The number of nitrogens with zero attached hydrogens (tertiary/aromatic N) is 3. The molecule has 0 fully saturated rings. The van der Waals surface area contributed by atoms with Crippen molar-refractivity contribution in [2.24, 2.45) is 0 Å². The number of nitrogens with one attached hydrogen (secondary N) is 3. The molecule has 1 aromatic heterocycles. The van der Waals surface area contributed by atoms with Crippen LogP contribution >= 0.6 is 0 Å². The molecule has 0 aliphatic heterocycles. The Labute approximate surface area is 134 Å². The highest BCUT2D eigenvalue weighted by Crippen LogP contribution is 2.12. The second-order valence-electron chi connectivity index (χ2n) is 5.19. The predicted octanol–water partition coefficient (Wildman–Crippen LogP) is 1.82. The molecule has 0 radical (unpaired) electrons. The molecular formula is C15H20N6O2. The van der Waals surface area contributed by atoms with Crippen molar-refractivity contribution in [1.82, 2.24) is 25.9 Å². The number of hydrogen-bond acceptors (Lipinski definition) is 5. The molecule has 0 aliphatic carbocycles. The summed E-state index contributed by atoms with van der Waals surface area (Å²) in [6.45, 7) is 3.81. The molecule has 122 valence electrons. The van der Waals surface area contributed by atoms with E-state index in [1.807, 2.05) is 6.92 Å². The maximum absolute atomic E-state index is 12.1. The second-order valence-corrected chi connectivity index (χ2v) is 5.19. The molecule has 1 heterocycles. The van der Waals surface area contributed by atoms with Crippen LogP contribution in [0.2, 0.25) is 0 Å². The maximum Gasteiger partial charge on any atom is 0.251 e. The Morgan fingerprint density at radius 2 is 2.00 bits per heavy atom. The van der Waals surface area contributed by atoms with Crippen LogP contribution in [0.3, 0.4) is 0 Å². The minimum absolute atomic E-state index is 0.0187. The van der Waals surface area contributed by atoms with Gasteiger partial charge in [0, 0.05) is 17.7 Å². The van der Waals surface area contributed by atoms with E-state index >= 15 is 0 Å². The smallest absolute Gasteiger partial charge is 0.251 e. The highest BCUT2D eigenvalue weighted by molar-refractivity contribution is 5.95. The number of carbonyl (C=O) groups excluding carboxylic acids is 2. The standard InChI is InChI=1S/C15H20N6O2/c1-3-4-5-13(22)17-12-8-6-11(7-9-12)15(23)16-10(2)14-18-20-21-19-14/h6-10H,3-5H2,1-2H3,(H,16,23)(H,17,22)(H,18,19,20,21)/t10-/m1/s1. The van der Waals surface area contributed by atoms with E-state index in [0.717, 1.165) is 12.8 Å². The zero-order chi connectivity index (χ0) is 16.7. The topological polar surface area (TPSA) is 113 Å². The van der Waals surface area contributed by atoms with E-state index in [-0.39, 0.29) is 17.9 Å². The predicted molar refractivity (Wildman–Crippen MR) is 84.7 cm³/mol. The van der Waals surface area contributed by atoms with Gasteiger partial charge >= 0.3 is 0 Å². The molecule has 0 unspecified atom stereocenters. The van der Waals surface area contributed by atoms with Crippen LogP contribution in [0, 0.1) is 0 Å². The number of aromatic nitrogens is 4. The first-order valence-electron chi connectivity index (χ1n) is 7.54. The molecule has 1 aromatic carbocycles. The highest BCUT2D eigenvalue weighted by Gasteiger charge is 2.14. The minimum atomic E-state index is -0.352.